The first kappa shape index (κ1) is 12.4. The lowest BCUT2D eigenvalue weighted by atomic mass is 9.70. The number of hydrogen-bond donors (Lipinski definition) is 1. The van der Waals surface area contributed by atoms with Crippen LogP contribution in [0.5, 0.6) is 0 Å². The Hall–Kier alpha value is -0.0400. The predicted molar refractivity (Wildman–Crippen MR) is 68.3 cm³/mol. The molecule has 2 saturated carbocycles. The van der Waals surface area contributed by atoms with Crippen LogP contribution in [0.15, 0.2) is 0 Å². The van der Waals surface area contributed by atoms with Crippen LogP contribution in [-0.2, 0) is 0 Å². The van der Waals surface area contributed by atoms with Gasteiger partial charge in [-0.25, -0.2) is 0 Å². The summed E-state index contributed by atoms with van der Waals surface area (Å²) in [6, 6.07) is 0. The Bertz CT molecular complexity index is 246. The van der Waals surface area contributed by atoms with Gasteiger partial charge in [-0.15, -0.1) is 0 Å². The standard InChI is InChI=1S/C15H28O/c1-4-12-6-5-7-13(10-12)15(16)9-8-14(2,3)11-15/h12-13,16H,4-11H2,1-3H3. The fraction of sp³-hybridized carbons (Fsp3) is 1.00. The van der Waals surface area contributed by atoms with Gasteiger partial charge in [0.2, 0.25) is 0 Å². The summed E-state index contributed by atoms with van der Waals surface area (Å²) in [5, 5.41) is 10.9. The molecule has 2 rings (SSSR count). The van der Waals surface area contributed by atoms with Crippen molar-refractivity contribution in [2.45, 2.75) is 77.7 Å². The van der Waals surface area contributed by atoms with E-state index in [1.807, 2.05) is 0 Å². The third-order valence-electron chi connectivity index (χ3n) is 5.14. The van der Waals surface area contributed by atoms with Crippen LogP contribution in [0.2, 0.25) is 0 Å². The van der Waals surface area contributed by atoms with Crippen molar-refractivity contribution < 1.29 is 5.11 Å². The number of rotatable bonds is 2. The summed E-state index contributed by atoms with van der Waals surface area (Å²) in [6.07, 6.45) is 9.86. The van der Waals surface area contributed by atoms with Crippen LogP contribution in [0.3, 0.4) is 0 Å². The summed E-state index contributed by atoms with van der Waals surface area (Å²) in [5.74, 6) is 1.47. The highest BCUT2D eigenvalue weighted by atomic mass is 16.3. The Morgan fingerprint density at radius 2 is 1.94 bits per heavy atom. The molecule has 0 aromatic carbocycles. The number of hydrogen-bond acceptors (Lipinski definition) is 1. The first-order valence-corrected chi connectivity index (χ1v) is 7.17. The molecule has 94 valence electrons. The largest absolute Gasteiger partial charge is 0.390 e. The van der Waals surface area contributed by atoms with E-state index < -0.39 is 0 Å². The van der Waals surface area contributed by atoms with Crippen LogP contribution in [-0.4, -0.2) is 10.7 Å². The van der Waals surface area contributed by atoms with Crippen molar-refractivity contribution in [3.05, 3.63) is 0 Å². The summed E-state index contributed by atoms with van der Waals surface area (Å²) in [5.41, 5.74) is 0.0469. The van der Waals surface area contributed by atoms with Crippen molar-refractivity contribution in [3.63, 3.8) is 0 Å². The molecule has 0 bridgehead atoms. The second kappa shape index (κ2) is 4.33. The Morgan fingerprint density at radius 1 is 1.19 bits per heavy atom. The first-order chi connectivity index (χ1) is 7.45. The van der Waals surface area contributed by atoms with E-state index in [1.165, 1.54) is 38.5 Å². The molecule has 1 N–H and O–H groups in total. The maximum atomic E-state index is 10.9. The molecule has 2 aliphatic carbocycles. The third-order valence-corrected chi connectivity index (χ3v) is 5.14. The van der Waals surface area contributed by atoms with Crippen LogP contribution >= 0.6 is 0 Å². The zero-order valence-electron chi connectivity index (χ0n) is 11.3. The minimum absolute atomic E-state index is 0.322. The monoisotopic (exact) mass is 224 g/mol. The maximum absolute atomic E-state index is 10.9. The van der Waals surface area contributed by atoms with E-state index in [2.05, 4.69) is 20.8 Å². The van der Waals surface area contributed by atoms with Crippen LogP contribution in [0.4, 0.5) is 0 Å². The Morgan fingerprint density at radius 3 is 2.50 bits per heavy atom. The molecule has 0 aromatic heterocycles. The third kappa shape index (κ3) is 2.45. The second-order valence-electron chi connectivity index (χ2n) is 7.08. The Kier molecular flexibility index (Phi) is 3.36. The van der Waals surface area contributed by atoms with Gasteiger partial charge in [-0.1, -0.05) is 40.0 Å². The van der Waals surface area contributed by atoms with Crippen molar-refractivity contribution in [2.24, 2.45) is 17.3 Å². The molecule has 0 heterocycles. The van der Waals surface area contributed by atoms with Gasteiger partial charge in [0.05, 0.1) is 5.60 Å². The van der Waals surface area contributed by atoms with Crippen molar-refractivity contribution in [3.8, 4) is 0 Å². The second-order valence-corrected chi connectivity index (χ2v) is 7.08. The van der Waals surface area contributed by atoms with E-state index in [1.54, 1.807) is 0 Å². The van der Waals surface area contributed by atoms with Gasteiger partial charge in [0.25, 0.3) is 0 Å². The highest BCUT2D eigenvalue weighted by Gasteiger charge is 2.47. The summed E-state index contributed by atoms with van der Waals surface area (Å²) in [4.78, 5) is 0. The summed E-state index contributed by atoms with van der Waals surface area (Å²) < 4.78 is 0. The smallest absolute Gasteiger partial charge is 0.0681 e. The molecule has 1 nitrogen and oxygen atoms in total. The van der Waals surface area contributed by atoms with E-state index in [-0.39, 0.29) is 5.60 Å². The molecule has 0 aliphatic heterocycles. The molecule has 2 aliphatic rings. The predicted octanol–water partition coefficient (Wildman–Crippen LogP) is 4.14. The van der Waals surface area contributed by atoms with E-state index >= 15 is 0 Å². The Labute approximate surface area is 101 Å². The van der Waals surface area contributed by atoms with Crippen molar-refractivity contribution in [2.75, 3.05) is 0 Å². The van der Waals surface area contributed by atoms with Crippen LogP contribution < -0.4 is 0 Å². The quantitative estimate of drug-likeness (QED) is 0.747. The molecule has 2 fully saturated rings. The van der Waals surface area contributed by atoms with Gasteiger partial charge < -0.3 is 5.11 Å². The lowest BCUT2D eigenvalue weighted by Gasteiger charge is -2.39. The minimum atomic E-state index is -0.322. The van der Waals surface area contributed by atoms with Crippen molar-refractivity contribution in [1.29, 1.82) is 0 Å². The van der Waals surface area contributed by atoms with Crippen molar-refractivity contribution in [1.82, 2.24) is 0 Å². The lowest BCUT2D eigenvalue weighted by molar-refractivity contribution is -0.0428. The molecule has 0 radical (unpaired) electrons. The van der Waals surface area contributed by atoms with E-state index in [0.717, 1.165) is 18.8 Å². The molecular formula is C15H28O. The average Bonchev–Trinajstić information content (AvgIpc) is 2.55. The van der Waals surface area contributed by atoms with Crippen LogP contribution in [0.25, 0.3) is 0 Å². The van der Waals surface area contributed by atoms with Crippen molar-refractivity contribution >= 4 is 0 Å². The average molecular weight is 224 g/mol. The maximum Gasteiger partial charge on any atom is 0.0681 e. The molecule has 16 heavy (non-hydrogen) atoms. The number of aliphatic hydroxyl groups is 1. The normalized spacial score (nSPS) is 43.5. The molecule has 0 saturated heterocycles. The summed E-state index contributed by atoms with van der Waals surface area (Å²) in [7, 11) is 0. The first-order valence-electron chi connectivity index (χ1n) is 7.17. The van der Waals surface area contributed by atoms with Gasteiger partial charge in [0.15, 0.2) is 0 Å². The minimum Gasteiger partial charge on any atom is -0.390 e. The van der Waals surface area contributed by atoms with Crippen LogP contribution in [0.1, 0.15) is 72.1 Å². The van der Waals surface area contributed by atoms with Gasteiger partial charge in [-0.2, -0.15) is 0 Å². The molecule has 0 aromatic rings. The topological polar surface area (TPSA) is 20.2 Å². The molecule has 0 amide bonds. The fourth-order valence-electron chi connectivity index (χ4n) is 4.06. The fourth-order valence-corrected chi connectivity index (χ4v) is 4.06. The molecular weight excluding hydrogens is 196 g/mol. The zero-order valence-corrected chi connectivity index (χ0v) is 11.3. The highest BCUT2D eigenvalue weighted by Crippen LogP contribution is 2.51. The zero-order chi connectivity index (χ0) is 11.8. The van der Waals surface area contributed by atoms with E-state index in [9.17, 15) is 5.11 Å². The van der Waals surface area contributed by atoms with Gasteiger partial charge in [0.1, 0.15) is 0 Å². The molecule has 3 atom stereocenters. The van der Waals surface area contributed by atoms with Gasteiger partial charge in [-0.3, -0.25) is 0 Å². The summed E-state index contributed by atoms with van der Waals surface area (Å²) in [6.45, 7) is 6.92. The highest BCUT2D eigenvalue weighted by molar-refractivity contribution is 4.99. The van der Waals surface area contributed by atoms with Gasteiger partial charge >= 0.3 is 0 Å². The van der Waals surface area contributed by atoms with Gasteiger partial charge in [-0.05, 0) is 49.4 Å². The summed E-state index contributed by atoms with van der Waals surface area (Å²) >= 11 is 0. The molecule has 3 unspecified atom stereocenters. The lowest BCUT2D eigenvalue weighted by Crippen LogP contribution is -2.39. The SMILES string of the molecule is CCC1CCCC(C2(O)CCC(C)(C)C2)C1. The van der Waals surface area contributed by atoms with Crippen LogP contribution in [0, 0.1) is 17.3 Å². The molecule has 1 heteroatoms. The van der Waals surface area contributed by atoms with E-state index in [0.29, 0.717) is 11.3 Å². The van der Waals surface area contributed by atoms with E-state index in [4.69, 9.17) is 0 Å². The Balaban J connectivity index is 2.01. The molecule has 0 spiro atoms. The van der Waals surface area contributed by atoms with Gasteiger partial charge in [0, 0.05) is 0 Å².